The number of nitrogens with zero attached hydrogens (tertiary/aromatic N) is 2. The Morgan fingerprint density at radius 2 is 2.64 bits per heavy atom. The van der Waals surface area contributed by atoms with Crippen LogP contribution in [0.4, 0.5) is 0 Å². The second-order valence-electron chi connectivity index (χ2n) is 2.43. The van der Waals surface area contributed by atoms with Gasteiger partial charge in [0.25, 0.3) is 0 Å². The Balaban J connectivity index is 2.69. The van der Waals surface area contributed by atoms with E-state index in [-0.39, 0.29) is 6.42 Å². The Morgan fingerprint density at radius 3 is 3.21 bits per heavy atom. The summed E-state index contributed by atoms with van der Waals surface area (Å²) in [6, 6.07) is 5.45. The van der Waals surface area contributed by atoms with Crippen molar-refractivity contribution in [3.63, 3.8) is 0 Å². The molecule has 0 unspecified atom stereocenters. The molecule has 1 aromatic rings. The first-order valence-electron chi connectivity index (χ1n) is 4.09. The number of furan rings is 1. The minimum Gasteiger partial charge on any atom is -0.463 e. The van der Waals surface area contributed by atoms with E-state index in [1.165, 1.54) is 6.26 Å². The molecule has 0 aliphatic carbocycles. The summed E-state index contributed by atoms with van der Waals surface area (Å²) in [6.45, 7) is 3.80. The first-order valence-corrected chi connectivity index (χ1v) is 4.09. The van der Waals surface area contributed by atoms with Crippen LogP contribution in [0.5, 0.6) is 0 Å². The Morgan fingerprint density at radius 1 is 1.79 bits per heavy atom. The van der Waals surface area contributed by atoms with Gasteiger partial charge < -0.3 is 9.25 Å². The van der Waals surface area contributed by atoms with E-state index in [1.807, 2.05) is 6.07 Å². The van der Waals surface area contributed by atoms with Gasteiger partial charge in [0.05, 0.1) is 18.8 Å². The fourth-order valence-corrected chi connectivity index (χ4v) is 0.850. The van der Waals surface area contributed by atoms with Crippen LogP contribution in [0, 0.1) is 11.3 Å². The molecule has 0 bridgehead atoms. The Kier molecular flexibility index (Phi) is 4.02. The highest BCUT2D eigenvalue weighted by Gasteiger charge is 2.06. The lowest BCUT2D eigenvalue weighted by molar-refractivity contribution is 0.174. The van der Waals surface area contributed by atoms with Crippen molar-refractivity contribution < 1.29 is 9.25 Å². The predicted octanol–water partition coefficient (Wildman–Crippen LogP) is 2.10. The summed E-state index contributed by atoms with van der Waals surface area (Å²) in [7, 11) is 0. The van der Waals surface area contributed by atoms with Crippen LogP contribution in [-0.4, -0.2) is 12.3 Å². The molecular weight excluding hydrogens is 180 g/mol. The Labute approximate surface area is 82.1 Å². The molecule has 0 saturated carbocycles. The van der Waals surface area contributed by atoms with Gasteiger partial charge in [-0.2, -0.15) is 5.26 Å². The second kappa shape index (κ2) is 5.60. The monoisotopic (exact) mass is 190 g/mol. The zero-order valence-corrected chi connectivity index (χ0v) is 7.64. The van der Waals surface area contributed by atoms with Crippen LogP contribution in [-0.2, 0) is 4.84 Å². The van der Waals surface area contributed by atoms with E-state index in [1.54, 1.807) is 18.2 Å². The third kappa shape index (κ3) is 2.79. The summed E-state index contributed by atoms with van der Waals surface area (Å²) in [5.74, 6) is 0.551. The highest BCUT2D eigenvalue weighted by Crippen LogP contribution is 2.05. The molecule has 0 saturated heterocycles. The van der Waals surface area contributed by atoms with E-state index in [4.69, 9.17) is 14.5 Å². The molecule has 14 heavy (non-hydrogen) atoms. The van der Waals surface area contributed by atoms with Crippen LogP contribution < -0.4 is 0 Å². The summed E-state index contributed by atoms with van der Waals surface area (Å²) >= 11 is 0. The van der Waals surface area contributed by atoms with E-state index < -0.39 is 0 Å². The van der Waals surface area contributed by atoms with Crippen molar-refractivity contribution in [2.24, 2.45) is 5.16 Å². The molecule has 0 aliphatic rings. The first kappa shape index (κ1) is 10.1. The average Bonchev–Trinajstić information content (AvgIpc) is 2.70. The van der Waals surface area contributed by atoms with Gasteiger partial charge in [0, 0.05) is 0 Å². The van der Waals surface area contributed by atoms with E-state index in [9.17, 15) is 0 Å². The van der Waals surface area contributed by atoms with Crippen LogP contribution in [0.25, 0.3) is 0 Å². The number of oxime groups is 1. The fraction of sp³-hybridized carbons (Fsp3) is 0.200. The highest BCUT2D eigenvalue weighted by atomic mass is 16.6. The third-order valence-electron chi connectivity index (χ3n) is 1.42. The number of rotatable bonds is 5. The maximum atomic E-state index is 8.54. The maximum absolute atomic E-state index is 8.54. The molecular formula is C10H10N2O2. The first-order chi connectivity index (χ1) is 6.88. The summed E-state index contributed by atoms with van der Waals surface area (Å²) in [4.78, 5) is 4.88. The zero-order chi connectivity index (χ0) is 10.2. The SMILES string of the molecule is C=CCO/N=C(/CC#N)c1ccco1. The molecule has 0 N–H and O–H groups in total. The molecule has 1 heterocycles. The van der Waals surface area contributed by atoms with E-state index >= 15 is 0 Å². The average molecular weight is 190 g/mol. The van der Waals surface area contributed by atoms with Gasteiger partial charge in [0.1, 0.15) is 12.3 Å². The second-order valence-corrected chi connectivity index (χ2v) is 2.43. The largest absolute Gasteiger partial charge is 0.463 e. The Bertz CT molecular complexity index is 347. The molecule has 0 radical (unpaired) electrons. The van der Waals surface area contributed by atoms with Crippen LogP contribution in [0.1, 0.15) is 12.2 Å². The van der Waals surface area contributed by atoms with Crippen molar-refractivity contribution in [2.75, 3.05) is 6.61 Å². The van der Waals surface area contributed by atoms with Crippen molar-refractivity contribution in [2.45, 2.75) is 6.42 Å². The summed E-state index contributed by atoms with van der Waals surface area (Å²) in [5, 5.41) is 12.3. The molecule has 0 amide bonds. The van der Waals surface area contributed by atoms with Gasteiger partial charge in [0.15, 0.2) is 5.76 Å². The van der Waals surface area contributed by atoms with Gasteiger partial charge in [-0.15, -0.1) is 0 Å². The van der Waals surface area contributed by atoms with Gasteiger partial charge in [-0.25, -0.2) is 0 Å². The lowest BCUT2D eigenvalue weighted by Gasteiger charge is -1.97. The smallest absolute Gasteiger partial charge is 0.152 e. The molecule has 72 valence electrons. The molecule has 1 rings (SSSR count). The van der Waals surface area contributed by atoms with Crippen molar-refractivity contribution in [1.29, 1.82) is 5.26 Å². The number of hydrogen-bond donors (Lipinski definition) is 0. The number of nitriles is 1. The Hall–Kier alpha value is -2.02. The molecule has 4 nitrogen and oxygen atoms in total. The fourth-order valence-electron chi connectivity index (χ4n) is 0.850. The topological polar surface area (TPSA) is 58.5 Å². The van der Waals surface area contributed by atoms with Gasteiger partial charge in [-0.1, -0.05) is 17.8 Å². The minimum atomic E-state index is 0.157. The van der Waals surface area contributed by atoms with Gasteiger partial charge in [-0.3, -0.25) is 0 Å². The predicted molar refractivity (Wildman–Crippen MR) is 51.6 cm³/mol. The molecule has 0 spiro atoms. The summed E-state index contributed by atoms with van der Waals surface area (Å²) in [6.07, 6.45) is 3.26. The molecule has 0 atom stereocenters. The normalized spacial score (nSPS) is 10.6. The van der Waals surface area contributed by atoms with Crippen LogP contribution in [0.3, 0.4) is 0 Å². The van der Waals surface area contributed by atoms with Crippen molar-refractivity contribution >= 4 is 5.71 Å². The lowest BCUT2D eigenvalue weighted by atomic mass is 10.2. The van der Waals surface area contributed by atoms with Crippen LogP contribution >= 0.6 is 0 Å². The van der Waals surface area contributed by atoms with Crippen molar-refractivity contribution in [3.05, 3.63) is 36.8 Å². The quantitative estimate of drug-likeness (QED) is 0.309. The van der Waals surface area contributed by atoms with Gasteiger partial charge >= 0.3 is 0 Å². The summed E-state index contributed by atoms with van der Waals surface area (Å²) < 4.78 is 5.09. The third-order valence-corrected chi connectivity index (χ3v) is 1.42. The minimum absolute atomic E-state index is 0.157. The van der Waals surface area contributed by atoms with Gasteiger partial charge in [0.2, 0.25) is 0 Å². The molecule has 1 aromatic heterocycles. The van der Waals surface area contributed by atoms with Crippen molar-refractivity contribution in [3.8, 4) is 6.07 Å². The van der Waals surface area contributed by atoms with Crippen LogP contribution in [0.2, 0.25) is 0 Å². The molecule has 0 aromatic carbocycles. The number of hydrogen-bond acceptors (Lipinski definition) is 4. The molecule has 4 heteroatoms. The van der Waals surface area contributed by atoms with E-state index in [2.05, 4.69) is 11.7 Å². The maximum Gasteiger partial charge on any atom is 0.152 e. The lowest BCUT2D eigenvalue weighted by Crippen LogP contribution is -1.99. The van der Waals surface area contributed by atoms with Gasteiger partial charge in [-0.05, 0) is 12.1 Å². The zero-order valence-electron chi connectivity index (χ0n) is 7.64. The molecule has 0 fully saturated rings. The summed E-state index contributed by atoms with van der Waals surface area (Å²) in [5.41, 5.74) is 0.486. The van der Waals surface area contributed by atoms with Crippen LogP contribution in [0.15, 0.2) is 40.6 Å². The van der Waals surface area contributed by atoms with E-state index in [0.29, 0.717) is 18.1 Å². The van der Waals surface area contributed by atoms with Crippen molar-refractivity contribution in [1.82, 2.24) is 0 Å². The standard InChI is InChI=1S/C10H10N2O2/c1-2-7-14-12-9(5-6-11)10-4-3-8-13-10/h2-4,8H,1,5,7H2/b12-9-. The highest BCUT2D eigenvalue weighted by molar-refractivity contribution is 5.99. The van der Waals surface area contributed by atoms with E-state index in [0.717, 1.165) is 0 Å². The molecule has 0 aliphatic heterocycles.